The normalized spacial score (nSPS) is 22.4. The fourth-order valence-corrected chi connectivity index (χ4v) is 3.93. The maximum Gasteiger partial charge on any atom is 0.137 e. The third-order valence-corrected chi connectivity index (χ3v) is 5.13. The molecular formula is C14H13BrO2S. The van der Waals surface area contributed by atoms with Crippen LogP contribution in [-0.4, -0.2) is 5.11 Å². The first kappa shape index (κ1) is 12.2. The Bertz CT molecular complexity index is 579. The summed E-state index contributed by atoms with van der Waals surface area (Å²) in [6.07, 6.45) is 0.0903. The molecule has 3 rings (SSSR count). The van der Waals surface area contributed by atoms with Gasteiger partial charge in [0.15, 0.2) is 0 Å². The summed E-state index contributed by atoms with van der Waals surface area (Å²) in [4.78, 5) is 1.14. The molecule has 0 spiro atoms. The Balaban J connectivity index is 1.97. The zero-order valence-corrected chi connectivity index (χ0v) is 12.3. The van der Waals surface area contributed by atoms with Crippen LogP contribution in [0.3, 0.4) is 0 Å². The lowest BCUT2D eigenvalue weighted by atomic mass is 9.97. The fourth-order valence-electron chi connectivity index (χ4n) is 2.26. The maximum atomic E-state index is 10.3. The number of aryl methyl sites for hydroxylation is 1. The molecule has 1 aliphatic rings. The van der Waals surface area contributed by atoms with Crippen molar-refractivity contribution in [1.29, 1.82) is 0 Å². The van der Waals surface area contributed by atoms with Crippen LogP contribution < -0.4 is 4.74 Å². The molecule has 2 aromatic rings. The van der Waals surface area contributed by atoms with Crippen molar-refractivity contribution in [2.45, 2.75) is 25.6 Å². The second-order valence-electron chi connectivity index (χ2n) is 4.53. The predicted octanol–water partition coefficient (Wildman–Crippen LogP) is 4.38. The van der Waals surface area contributed by atoms with Gasteiger partial charge in [-0.05, 0) is 46.4 Å². The largest absolute Gasteiger partial charge is 0.484 e. The number of ether oxygens (including phenoxy) is 1. The minimum Gasteiger partial charge on any atom is -0.484 e. The molecule has 0 bridgehead atoms. The van der Waals surface area contributed by atoms with Crippen LogP contribution >= 0.6 is 27.3 Å². The fraction of sp³-hybridized carbons (Fsp3) is 0.286. The van der Waals surface area contributed by atoms with Gasteiger partial charge in [0.1, 0.15) is 11.9 Å². The summed E-state index contributed by atoms with van der Waals surface area (Å²) in [5.74, 6) is 0.796. The zero-order chi connectivity index (χ0) is 12.7. The van der Waals surface area contributed by atoms with Crippen molar-refractivity contribution in [3.8, 4) is 5.75 Å². The van der Waals surface area contributed by atoms with Gasteiger partial charge in [0.25, 0.3) is 0 Å². The van der Waals surface area contributed by atoms with Crippen LogP contribution in [0.4, 0.5) is 0 Å². The standard InChI is InChI=1S/C14H13BrO2S/c1-8-2-3-12-9(6-8)11(16)7-13(17-12)14-10(15)4-5-18-14/h2-6,11,13,16H,7H2,1H3/t11-,13?/m1/s1. The van der Waals surface area contributed by atoms with Gasteiger partial charge in [-0.15, -0.1) is 11.3 Å². The number of rotatable bonds is 1. The van der Waals surface area contributed by atoms with E-state index in [1.54, 1.807) is 11.3 Å². The van der Waals surface area contributed by atoms with Crippen molar-refractivity contribution >= 4 is 27.3 Å². The third kappa shape index (κ3) is 2.09. The molecule has 0 amide bonds. The Morgan fingerprint density at radius 1 is 1.39 bits per heavy atom. The van der Waals surface area contributed by atoms with Crippen LogP contribution in [-0.2, 0) is 0 Å². The van der Waals surface area contributed by atoms with Gasteiger partial charge in [0.2, 0.25) is 0 Å². The van der Waals surface area contributed by atoms with Gasteiger partial charge in [0, 0.05) is 16.5 Å². The van der Waals surface area contributed by atoms with Gasteiger partial charge in [0.05, 0.1) is 11.0 Å². The molecule has 1 N–H and O–H groups in total. The van der Waals surface area contributed by atoms with Crippen molar-refractivity contribution in [1.82, 2.24) is 0 Å². The Morgan fingerprint density at radius 2 is 2.22 bits per heavy atom. The summed E-state index contributed by atoms with van der Waals surface area (Å²) in [6.45, 7) is 2.02. The molecule has 1 aromatic carbocycles. The molecule has 18 heavy (non-hydrogen) atoms. The van der Waals surface area contributed by atoms with E-state index in [1.165, 1.54) is 0 Å². The summed E-state index contributed by atoms with van der Waals surface area (Å²) in [6, 6.07) is 7.97. The molecule has 2 heterocycles. The molecule has 1 unspecified atom stereocenters. The van der Waals surface area contributed by atoms with Gasteiger partial charge in [-0.3, -0.25) is 0 Å². The Kier molecular flexibility index (Phi) is 3.18. The number of benzene rings is 1. The van der Waals surface area contributed by atoms with Crippen molar-refractivity contribution in [3.63, 3.8) is 0 Å². The van der Waals surface area contributed by atoms with E-state index in [9.17, 15) is 5.11 Å². The quantitative estimate of drug-likeness (QED) is 0.843. The van der Waals surface area contributed by atoms with Crippen LogP contribution in [0, 0.1) is 6.92 Å². The lowest BCUT2D eigenvalue weighted by Gasteiger charge is -2.29. The van der Waals surface area contributed by atoms with Crippen LogP contribution in [0.15, 0.2) is 34.1 Å². The molecule has 0 radical (unpaired) electrons. The number of hydrogen-bond acceptors (Lipinski definition) is 3. The lowest BCUT2D eigenvalue weighted by Crippen LogP contribution is -2.18. The van der Waals surface area contributed by atoms with E-state index >= 15 is 0 Å². The van der Waals surface area contributed by atoms with E-state index in [2.05, 4.69) is 15.9 Å². The van der Waals surface area contributed by atoms with Gasteiger partial charge < -0.3 is 9.84 Å². The molecule has 1 aromatic heterocycles. The van der Waals surface area contributed by atoms with Crippen molar-refractivity contribution in [2.24, 2.45) is 0 Å². The molecule has 94 valence electrons. The predicted molar refractivity (Wildman–Crippen MR) is 76.1 cm³/mol. The molecular weight excluding hydrogens is 312 g/mol. The molecule has 1 aliphatic heterocycles. The van der Waals surface area contributed by atoms with Crippen LogP contribution in [0.25, 0.3) is 0 Å². The molecule has 0 aliphatic carbocycles. The smallest absolute Gasteiger partial charge is 0.137 e. The topological polar surface area (TPSA) is 29.5 Å². The second-order valence-corrected chi connectivity index (χ2v) is 6.33. The van der Waals surface area contributed by atoms with E-state index in [4.69, 9.17) is 4.74 Å². The Labute approximate surface area is 118 Å². The highest BCUT2D eigenvalue weighted by atomic mass is 79.9. The van der Waals surface area contributed by atoms with Gasteiger partial charge in [-0.2, -0.15) is 0 Å². The monoisotopic (exact) mass is 324 g/mol. The van der Waals surface area contributed by atoms with Crippen molar-refractivity contribution in [3.05, 3.63) is 50.1 Å². The van der Waals surface area contributed by atoms with Crippen LogP contribution in [0.1, 0.15) is 34.6 Å². The third-order valence-electron chi connectivity index (χ3n) is 3.17. The highest BCUT2D eigenvalue weighted by molar-refractivity contribution is 9.10. The van der Waals surface area contributed by atoms with Crippen LogP contribution in [0.5, 0.6) is 5.75 Å². The Morgan fingerprint density at radius 3 is 2.94 bits per heavy atom. The summed E-state index contributed by atoms with van der Waals surface area (Å²) >= 11 is 5.18. The Hall–Kier alpha value is -0.840. The lowest BCUT2D eigenvalue weighted by molar-refractivity contribution is 0.0671. The number of hydrogen-bond donors (Lipinski definition) is 1. The highest BCUT2D eigenvalue weighted by Crippen LogP contribution is 2.44. The van der Waals surface area contributed by atoms with Crippen molar-refractivity contribution < 1.29 is 9.84 Å². The zero-order valence-electron chi connectivity index (χ0n) is 9.89. The summed E-state index contributed by atoms with van der Waals surface area (Å²) in [7, 11) is 0. The first-order valence-corrected chi connectivity index (χ1v) is 7.50. The minimum atomic E-state index is -0.451. The average molecular weight is 325 g/mol. The maximum absolute atomic E-state index is 10.3. The molecule has 0 fully saturated rings. The van der Waals surface area contributed by atoms with Gasteiger partial charge >= 0.3 is 0 Å². The first-order chi connectivity index (χ1) is 8.65. The highest BCUT2D eigenvalue weighted by Gasteiger charge is 2.29. The van der Waals surface area contributed by atoms with E-state index < -0.39 is 6.10 Å². The van der Waals surface area contributed by atoms with Gasteiger partial charge in [-0.25, -0.2) is 0 Å². The van der Waals surface area contributed by atoms with E-state index in [0.29, 0.717) is 6.42 Å². The number of thiophene rings is 1. The molecule has 4 heteroatoms. The summed E-state index contributed by atoms with van der Waals surface area (Å²) in [5.41, 5.74) is 2.05. The van der Waals surface area contributed by atoms with E-state index in [-0.39, 0.29) is 6.10 Å². The second kappa shape index (κ2) is 4.68. The molecule has 2 atom stereocenters. The summed E-state index contributed by atoms with van der Waals surface area (Å²) < 4.78 is 7.06. The van der Waals surface area contributed by atoms with Crippen molar-refractivity contribution in [2.75, 3.05) is 0 Å². The number of fused-ring (bicyclic) bond motifs is 1. The number of aliphatic hydroxyl groups excluding tert-OH is 1. The molecule has 2 nitrogen and oxygen atoms in total. The van der Waals surface area contributed by atoms with Crippen LogP contribution in [0.2, 0.25) is 0 Å². The first-order valence-electron chi connectivity index (χ1n) is 5.83. The van der Waals surface area contributed by atoms with E-state index in [1.807, 2.05) is 36.6 Å². The number of halogens is 1. The molecule has 0 saturated carbocycles. The van der Waals surface area contributed by atoms with E-state index in [0.717, 1.165) is 26.2 Å². The molecule has 0 saturated heterocycles. The number of aliphatic hydroxyl groups is 1. The average Bonchev–Trinajstić information content (AvgIpc) is 2.76. The SMILES string of the molecule is Cc1ccc2c(c1)[C@H](O)CC(c1sccc1Br)O2. The summed E-state index contributed by atoms with van der Waals surface area (Å²) in [5, 5.41) is 12.3. The van der Waals surface area contributed by atoms with Gasteiger partial charge in [-0.1, -0.05) is 11.6 Å². The minimum absolute atomic E-state index is 0.0652.